The number of benzene rings is 1. The van der Waals surface area contributed by atoms with E-state index in [1.165, 1.54) is 0 Å². The van der Waals surface area contributed by atoms with Crippen LogP contribution in [-0.4, -0.2) is 53.6 Å². The van der Waals surface area contributed by atoms with E-state index in [-0.39, 0.29) is 11.7 Å². The molecular weight excluding hydrogens is 278 g/mol. The van der Waals surface area contributed by atoms with Gasteiger partial charge in [-0.15, -0.1) is 6.42 Å². The molecule has 1 aliphatic heterocycles. The molecule has 0 bridgehead atoms. The second-order valence-corrected chi connectivity index (χ2v) is 5.21. The molecule has 0 aliphatic carbocycles. The largest absolute Gasteiger partial charge is 0.350 e. The fraction of sp³-hybridized carbons (Fsp3) is 0.294. The van der Waals surface area contributed by atoms with Crippen molar-refractivity contribution in [2.45, 2.75) is 0 Å². The average Bonchev–Trinajstić information content (AvgIpc) is 3.06. The smallest absolute Gasteiger partial charge is 0.292 e. The molecule has 5 heteroatoms. The molecule has 22 heavy (non-hydrogen) atoms. The first-order chi connectivity index (χ1) is 10.8. The third-order valence-corrected chi connectivity index (χ3v) is 3.76. The van der Waals surface area contributed by atoms with Crippen molar-refractivity contribution in [1.29, 1.82) is 0 Å². The number of hydrogen-bond donors (Lipinski definition) is 0. The number of carbonyl (C=O) groups is 1. The van der Waals surface area contributed by atoms with Gasteiger partial charge in [-0.1, -0.05) is 41.4 Å². The van der Waals surface area contributed by atoms with Crippen LogP contribution in [-0.2, 0) is 0 Å². The van der Waals surface area contributed by atoms with Gasteiger partial charge in [-0.2, -0.15) is 0 Å². The van der Waals surface area contributed by atoms with Crippen LogP contribution < -0.4 is 0 Å². The van der Waals surface area contributed by atoms with E-state index in [9.17, 15) is 4.79 Å². The van der Waals surface area contributed by atoms with Gasteiger partial charge in [0.2, 0.25) is 5.76 Å². The van der Waals surface area contributed by atoms with Crippen LogP contribution in [0.15, 0.2) is 40.9 Å². The lowest BCUT2D eigenvalue weighted by molar-refractivity contribution is 0.0611. The Morgan fingerprint density at radius 1 is 1.23 bits per heavy atom. The monoisotopic (exact) mass is 295 g/mol. The quantitative estimate of drug-likeness (QED) is 0.809. The topological polar surface area (TPSA) is 49.6 Å². The highest BCUT2D eigenvalue weighted by Crippen LogP contribution is 2.19. The van der Waals surface area contributed by atoms with Gasteiger partial charge in [-0.25, -0.2) is 0 Å². The molecule has 1 fully saturated rings. The first-order valence-corrected chi connectivity index (χ1v) is 7.25. The van der Waals surface area contributed by atoms with E-state index in [2.05, 4.69) is 16.0 Å². The summed E-state index contributed by atoms with van der Waals surface area (Å²) >= 11 is 0. The summed E-state index contributed by atoms with van der Waals surface area (Å²) in [7, 11) is 0. The predicted octanol–water partition coefficient (Wildman–Crippen LogP) is 1.73. The summed E-state index contributed by atoms with van der Waals surface area (Å²) in [6, 6.07) is 11.4. The number of carbonyl (C=O) groups excluding carboxylic acids is 1. The molecule has 1 aliphatic rings. The molecule has 1 amide bonds. The van der Waals surface area contributed by atoms with Gasteiger partial charge in [-0.3, -0.25) is 9.69 Å². The van der Waals surface area contributed by atoms with Crippen LogP contribution in [0.3, 0.4) is 0 Å². The number of nitrogens with zero attached hydrogens (tertiary/aromatic N) is 3. The van der Waals surface area contributed by atoms with Crippen molar-refractivity contribution in [3.8, 4) is 23.6 Å². The van der Waals surface area contributed by atoms with Crippen LogP contribution in [0.5, 0.6) is 0 Å². The first-order valence-electron chi connectivity index (χ1n) is 7.25. The van der Waals surface area contributed by atoms with Crippen molar-refractivity contribution in [3.63, 3.8) is 0 Å². The van der Waals surface area contributed by atoms with E-state index in [0.717, 1.165) is 18.7 Å². The van der Waals surface area contributed by atoms with E-state index in [4.69, 9.17) is 10.9 Å². The van der Waals surface area contributed by atoms with Crippen molar-refractivity contribution in [1.82, 2.24) is 15.0 Å². The van der Waals surface area contributed by atoms with Gasteiger partial charge >= 0.3 is 0 Å². The highest BCUT2D eigenvalue weighted by atomic mass is 16.5. The fourth-order valence-corrected chi connectivity index (χ4v) is 2.51. The SMILES string of the molecule is C#CCN1CCN(C(=O)c2cc(-c3ccccc3)no2)CC1. The lowest BCUT2D eigenvalue weighted by Gasteiger charge is -2.33. The maximum atomic E-state index is 12.4. The first kappa shape index (κ1) is 14.4. The van der Waals surface area contributed by atoms with E-state index < -0.39 is 0 Å². The summed E-state index contributed by atoms with van der Waals surface area (Å²) < 4.78 is 5.22. The van der Waals surface area contributed by atoms with Crippen LogP contribution in [0.1, 0.15) is 10.6 Å². The van der Waals surface area contributed by atoms with E-state index in [1.807, 2.05) is 30.3 Å². The number of piperazine rings is 1. The Labute approximate surface area is 129 Å². The second kappa shape index (κ2) is 6.46. The normalized spacial score (nSPS) is 15.5. The zero-order valence-corrected chi connectivity index (χ0v) is 12.2. The van der Waals surface area contributed by atoms with Crippen molar-refractivity contribution < 1.29 is 9.32 Å². The molecule has 0 unspecified atom stereocenters. The molecule has 0 N–H and O–H groups in total. The van der Waals surface area contributed by atoms with Crippen molar-refractivity contribution in [2.75, 3.05) is 32.7 Å². The Balaban J connectivity index is 1.67. The third kappa shape index (κ3) is 3.02. The number of terminal acetylenes is 1. The molecular formula is C17H17N3O2. The zero-order valence-electron chi connectivity index (χ0n) is 12.2. The number of rotatable bonds is 3. The Hall–Kier alpha value is -2.58. The Bertz CT molecular complexity index is 679. The van der Waals surface area contributed by atoms with Crippen LogP contribution in [0.2, 0.25) is 0 Å². The van der Waals surface area contributed by atoms with Crippen LogP contribution in [0, 0.1) is 12.3 Å². The molecule has 0 spiro atoms. The van der Waals surface area contributed by atoms with Crippen molar-refractivity contribution >= 4 is 5.91 Å². The minimum absolute atomic E-state index is 0.116. The van der Waals surface area contributed by atoms with Gasteiger partial charge in [0.1, 0.15) is 5.69 Å². The minimum Gasteiger partial charge on any atom is -0.350 e. The van der Waals surface area contributed by atoms with Crippen molar-refractivity contribution in [2.24, 2.45) is 0 Å². The average molecular weight is 295 g/mol. The van der Waals surface area contributed by atoms with Crippen molar-refractivity contribution in [3.05, 3.63) is 42.2 Å². The van der Waals surface area contributed by atoms with Crippen LogP contribution in [0.25, 0.3) is 11.3 Å². The summed E-state index contributed by atoms with van der Waals surface area (Å²) in [6.45, 7) is 3.51. The van der Waals surface area contributed by atoms with E-state index in [1.54, 1.807) is 11.0 Å². The summed E-state index contributed by atoms with van der Waals surface area (Å²) in [5, 5.41) is 3.99. The summed E-state index contributed by atoms with van der Waals surface area (Å²) in [5.41, 5.74) is 1.61. The second-order valence-electron chi connectivity index (χ2n) is 5.21. The molecule has 1 saturated heterocycles. The number of amides is 1. The number of hydrogen-bond acceptors (Lipinski definition) is 4. The van der Waals surface area contributed by atoms with Gasteiger partial charge < -0.3 is 9.42 Å². The molecule has 2 heterocycles. The Morgan fingerprint density at radius 2 is 1.95 bits per heavy atom. The number of aromatic nitrogens is 1. The minimum atomic E-state index is -0.116. The molecule has 1 aromatic heterocycles. The lowest BCUT2D eigenvalue weighted by atomic mass is 10.1. The maximum absolute atomic E-state index is 12.4. The maximum Gasteiger partial charge on any atom is 0.292 e. The zero-order chi connectivity index (χ0) is 15.4. The van der Waals surface area contributed by atoms with Gasteiger partial charge in [-0.05, 0) is 0 Å². The Kier molecular flexibility index (Phi) is 4.22. The summed E-state index contributed by atoms with van der Waals surface area (Å²) in [4.78, 5) is 16.4. The fourth-order valence-electron chi connectivity index (χ4n) is 2.51. The van der Waals surface area contributed by atoms with Gasteiger partial charge in [0, 0.05) is 37.8 Å². The molecule has 1 aromatic carbocycles. The highest BCUT2D eigenvalue weighted by molar-refractivity contribution is 5.92. The van der Waals surface area contributed by atoms with E-state index in [0.29, 0.717) is 25.3 Å². The molecule has 3 rings (SSSR count). The van der Waals surface area contributed by atoms with Gasteiger partial charge in [0.25, 0.3) is 5.91 Å². The Morgan fingerprint density at radius 3 is 2.64 bits per heavy atom. The third-order valence-electron chi connectivity index (χ3n) is 3.76. The molecule has 5 nitrogen and oxygen atoms in total. The van der Waals surface area contributed by atoms with Gasteiger partial charge in [0.05, 0.1) is 6.54 Å². The summed E-state index contributed by atoms with van der Waals surface area (Å²) in [6.07, 6.45) is 5.31. The molecule has 2 aromatic rings. The lowest BCUT2D eigenvalue weighted by Crippen LogP contribution is -2.48. The summed E-state index contributed by atoms with van der Waals surface area (Å²) in [5.74, 6) is 2.79. The molecule has 0 atom stereocenters. The molecule has 112 valence electrons. The predicted molar refractivity (Wildman–Crippen MR) is 83.1 cm³/mol. The molecule has 0 saturated carbocycles. The van der Waals surface area contributed by atoms with E-state index >= 15 is 0 Å². The van der Waals surface area contributed by atoms with Crippen LogP contribution >= 0.6 is 0 Å². The highest BCUT2D eigenvalue weighted by Gasteiger charge is 2.24. The van der Waals surface area contributed by atoms with Gasteiger partial charge in [0.15, 0.2) is 0 Å². The standard InChI is InChI=1S/C17H17N3O2/c1-2-8-19-9-11-20(12-10-19)17(21)16-13-15(18-22-16)14-6-4-3-5-7-14/h1,3-7,13H,8-12H2. The molecule has 0 radical (unpaired) electrons. The van der Waals surface area contributed by atoms with Crippen LogP contribution in [0.4, 0.5) is 0 Å².